The lowest BCUT2D eigenvalue weighted by molar-refractivity contribution is -0.122. The summed E-state index contributed by atoms with van der Waals surface area (Å²) in [6.45, 7) is 4.17. The highest BCUT2D eigenvalue weighted by Crippen LogP contribution is 2.28. The van der Waals surface area contributed by atoms with Crippen LogP contribution < -0.4 is 26.3 Å². The van der Waals surface area contributed by atoms with Crippen LogP contribution in [0.15, 0.2) is 23.2 Å². The summed E-state index contributed by atoms with van der Waals surface area (Å²) in [6, 6.07) is 5.51. The van der Waals surface area contributed by atoms with E-state index in [1.165, 1.54) is 39.2 Å². The van der Waals surface area contributed by atoms with Gasteiger partial charge in [-0.25, -0.2) is 0 Å². The third-order valence-corrected chi connectivity index (χ3v) is 5.58. The number of rotatable bonds is 9. The van der Waals surface area contributed by atoms with Crippen molar-refractivity contribution < 1.29 is 19.1 Å². The van der Waals surface area contributed by atoms with Gasteiger partial charge in [0, 0.05) is 12.5 Å². The molecule has 1 atom stereocenters. The summed E-state index contributed by atoms with van der Waals surface area (Å²) < 4.78 is 10.2. The molecular formula is C24H40N4O4. The van der Waals surface area contributed by atoms with Gasteiger partial charge in [-0.1, -0.05) is 45.1 Å². The molecule has 0 heterocycles. The molecular weight excluding hydrogens is 408 g/mol. The van der Waals surface area contributed by atoms with Crippen LogP contribution in [0.3, 0.4) is 0 Å². The van der Waals surface area contributed by atoms with Gasteiger partial charge in [-0.15, -0.1) is 0 Å². The molecule has 0 spiro atoms. The summed E-state index contributed by atoms with van der Waals surface area (Å²) in [4.78, 5) is 26.3. The van der Waals surface area contributed by atoms with Crippen molar-refractivity contribution in [3.63, 3.8) is 0 Å². The van der Waals surface area contributed by atoms with Crippen LogP contribution in [0, 0.1) is 5.92 Å². The molecule has 1 aromatic rings. The van der Waals surface area contributed by atoms with Crippen molar-refractivity contribution >= 4 is 17.8 Å². The van der Waals surface area contributed by atoms with Gasteiger partial charge < -0.3 is 26.3 Å². The average Bonchev–Trinajstić information content (AvgIpc) is 2.78. The molecule has 8 nitrogen and oxygen atoms in total. The summed E-state index contributed by atoms with van der Waals surface area (Å²) in [6.07, 6.45) is 9.79. The van der Waals surface area contributed by atoms with Crippen molar-refractivity contribution in [2.75, 3.05) is 14.2 Å². The number of hydrogen-bond acceptors (Lipinski definition) is 4. The number of nitrogens with zero attached hydrogens (tertiary/aromatic N) is 1. The summed E-state index contributed by atoms with van der Waals surface area (Å²) in [5, 5.41) is 3.03. The number of methoxy groups -OCH3 is 2. The van der Waals surface area contributed by atoms with Gasteiger partial charge in [-0.3, -0.25) is 9.59 Å². The monoisotopic (exact) mass is 448 g/mol. The smallest absolute Gasteiger partial charge is 0.253 e. The highest BCUT2D eigenvalue weighted by atomic mass is 16.5. The van der Waals surface area contributed by atoms with E-state index >= 15 is 0 Å². The van der Waals surface area contributed by atoms with Gasteiger partial charge >= 0.3 is 0 Å². The third-order valence-electron chi connectivity index (χ3n) is 5.58. The maximum atomic E-state index is 11.5. The Morgan fingerprint density at radius 1 is 1.12 bits per heavy atom. The summed E-state index contributed by atoms with van der Waals surface area (Å²) in [5.41, 5.74) is 11.0. The zero-order chi connectivity index (χ0) is 23.9. The third kappa shape index (κ3) is 11.0. The fourth-order valence-corrected chi connectivity index (χ4v) is 3.61. The van der Waals surface area contributed by atoms with Crippen LogP contribution in [-0.4, -0.2) is 38.0 Å². The van der Waals surface area contributed by atoms with Crippen molar-refractivity contribution in [3.8, 4) is 11.5 Å². The normalized spacial score (nSPS) is 14.4. The van der Waals surface area contributed by atoms with E-state index in [-0.39, 0.29) is 18.3 Å². The minimum atomic E-state index is -0.405. The number of nitrogens with one attached hydrogen (secondary N) is 1. The fourth-order valence-electron chi connectivity index (χ4n) is 3.61. The van der Waals surface area contributed by atoms with Gasteiger partial charge in [-0.2, -0.15) is 4.99 Å². The molecule has 0 bridgehead atoms. The molecule has 8 heteroatoms. The first kappa shape index (κ1) is 27.3. The Morgan fingerprint density at radius 3 is 2.34 bits per heavy atom. The number of amides is 2. The largest absolute Gasteiger partial charge is 0.493 e. The Hall–Kier alpha value is -2.77. The molecule has 1 fully saturated rings. The van der Waals surface area contributed by atoms with E-state index in [0.29, 0.717) is 17.5 Å². The lowest BCUT2D eigenvalue weighted by atomic mass is 9.86. The molecule has 5 N–H and O–H groups in total. The highest BCUT2D eigenvalue weighted by molar-refractivity contribution is 5.92. The van der Waals surface area contributed by atoms with Crippen LogP contribution in [0.2, 0.25) is 0 Å². The SMILES string of the molecule is CC[C@H](C)NC(=O)CCC1CCCCC1.COc1ccc(CC(=O)N=C(N)N)cc1OC. The standard InChI is InChI=1S/C13H25NO.C11H15N3O3/c1-3-11(2)14-13(15)10-9-12-7-5-4-6-8-12;1-16-8-4-3-7(5-9(8)17-2)6-10(15)14-11(12)13/h11-12H,3-10H2,1-2H3,(H,14,15);3-5H,6H2,1-2H3,(H4,12,13,14,15)/t11-;/m0./s1. The van der Waals surface area contributed by atoms with Gasteiger partial charge in [-0.05, 0) is 43.4 Å². The molecule has 2 rings (SSSR count). The maximum absolute atomic E-state index is 11.5. The number of hydrogen-bond donors (Lipinski definition) is 3. The minimum Gasteiger partial charge on any atom is -0.493 e. The highest BCUT2D eigenvalue weighted by Gasteiger charge is 2.15. The molecule has 1 saturated carbocycles. The van der Waals surface area contributed by atoms with Crippen molar-refractivity contribution in [1.82, 2.24) is 5.32 Å². The van der Waals surface area contributed by atoms with Crippen LogP contribution >= 0.6 is 0 Å². The molecule has 0 saturated heterocycles. The molecule has 0 aromatic heterocycles. The predicted octanol–water partition coefficient (Wildman–Crippen LogP) is 3.31. The van der Waals surface area contributed by atoms with Crippen molar-refractivity contribution in [2.24, 2.45) is 22.4 Å². The lowest BCUT2D eigenvalue weighted by Crippen LogP contribution is -2.32. The predicted molar refractivity (Wildman–Crippen MR) is 128 cm³/mol. The van der Waals surface area contributed by atoms with E-state index in [4.69, 9.17) is 20.9 Å². The Bertz CT molecular complexity index is 742. The first-order chi connectivity index (χ1) is 15.3. The van der Waals surface area contributed by atoms with Gasteiger partial charge in [0.25, 0.3) is 5.91 Å². The maximum Gasteiger partial charge on any atom is 0.253 e. The van der Waals surface area contributed by atoms with E-state index in [2.05, 4.69) is 24.2 Å². The quantitative estimate of drug-likeness (QED) is 0.393. The molecule has 1 aliphatic rings. The number of aliphatic imine (C=N–C) groups is 1. The van der Waals surface area contributed by atoms with E-state index in [9.17, 15) is 9.59 Å². The number of nitrogens with two attached hydrogens (primary N) is 2. The van der Waals surface area contributed by atoms with E-state index in [0.717, 1.165) is 30.7 Å². The second kappa shape index (κ2) is 15.1. The van der Waals surface area contributed by atoms with Gasteiger partial charge in [0.15, 0.2) is 17.5 Å². The molecule has 1 aliphatic carbocycles. The lowest BCUT2D eigenvalue weighted by Gasteiger charge is -2.21. The van der Waals surface area contributed by atoms with Crippen LogP contribution in [0.25, 0.3) is 0 Å². The second-order valence-electron chi connectivity index (χ2n) is 8.22. The molecule has 1 aromatic carbocycles. The topological polar surface area (TPSA) is 129 Å². The molecule has 180 valence electrons. The van der Waals surface area contributed by atoms with Crippen molar-refractivity contribution in [3.05, 3.63) is 23.8 Å². The Kier molecular flexibility index (Phi) is 12.9. The van der Waals surface area contributed by atoms with E-state index in [1.807, 2.05) is 0 Å². The molecule has 0 aliphatic heterocycles. The van der Waals surface area contributed by atoms with Gasteiger partial charge in [0.05, 0.1) is 20.6 Å². The van der Waals surface area contributed by atoms with Gasteiger partial charge in [0.2, 0.25) is 5.91 Å². The minimum absolute atomic E-state index is 0.109. The van der Waals surface area contributed by atoms with Gasteiger partial charge in [0.1, 0.15) is 0 Å². The summed E-state index contributed by atoms with van der Waals surface area (Å²) >= 11 is 0. The van der Waals surface area contributed by atoms with Crippen LogP contribution in [0.5, 0.6) is 11.5 Å². The molecule has 32 heavy (non-hydrogen) atoms. The molecule has 2 amide bonds. The zero-order valence-electron chi connectivity index (χ0n) is 20.0. The summed E-state index contributed by atoms with van der Waals surface area (Å²) in [7, 11) is 3.07. The number of benzene rings is 1. The first-order valence-electron chi connectivity index (χ1n) is 11.4. The Labute approximate surface area is 192 Å². The number of ether oxygens (including phenoxy) is 2. The van der Waals surface area contributed by atoms with Crippen molar-refractivity contribution in [2.45, 2.75) is 77.7 Å². The molecule has 0 unspecified atom stereocenters. The van der Waals surface area contributed by atoms with E-state index < -0.39 is 5.91 Å². The van der Waals surface area contributed by atoms with Crippen LogP contribution in [-0.2, 0) is 16.0 Å². The number of carbonyl (C=O) groups is 2. The van der Waals surface area contributed by atoms with Crippen LogP contribution in [0.4, 0.5) is 0 Å². The van der Waals surface area contributed by atoms with Crippen LogP contribution in [0.1, 0.15) is 70.8 Å². The Morgan fingerprint density at radius 2 is 1.78 bits per heavy atom. The summed E-state index contributed by atoms with van der Waals surface area (Å²) in [5.74, 6) is 1.58. The van der Waals surface area contributed by atoms with E-state index in [1.54, 1.807) is 25.3 Å². The number of guanidine groups is 1. The molecule has 0 radical (unpaired) electrons. The number of carbonyl (C=O) groups excluding carboxylic acids is 2. The second-order valence-corrected chi connectivity index (χ2v) is 8.22. The Balaban J connectivity index is 0.000000323. The first-order valence-corrected chi connectivity index (χ1v) is 11.4. The zero-order valence-corrected chi connectivity index (χ0v) is 20.0. The fraction of sp³-hybridized carbons (Fsp3) is 0.625. The average molecular weight is 449 g/mol. The van der Waals surface area contributed by atoms with Crippen molar-refractivity contribution in [1.29, 1.82) is 0 Å².